The van der Waals surface area contributed by atoms with E-state index >= 15 is 0 Å². The van der Waals surface area contributed by atoms with Gasteiger partial charge in [0.15, 0.2) is 0 Å². The number of nitrogens with one attached hydrogen (secondary N) is 1. The Labute approximate surface area is 109 Å². The van der Waals surface area contributed by atoms with Crippen molar-refractivity contribution in [3.05, 3.63) is 59.3 Å². The molecule has 0 fully saturated rings. The lowest BCUT2D eigenvalue weighted by Crippen LogP contribution is -2.30. The van der Waals surface area contributed by atoms with Gasteiger partial charge in [0, 0.05) is 23.4 Å². The second kappa shape index (κ2) is 5.73. The number of rotatable bonds is 4. The molecule has 0 saturated carbocycles. The molecule has 19 heavy (non-hydrogen) atoms. The molecular formula is C13H13F2N3O. The summed E-state index contributed by atoms with van der Waals surface area (Å²) in [7, 11) is 1.46. The Balaban J connectivity index is 2.50. The molecule has 0 amide bonds. The van der Waals surface area contributed by atoms with Gasteiger partial charge in [0.25, 0.3) is 0 Å². The molecule has 3 N–H and O–H groups in total. The van der Waals surface area contributed by atoms with E-state index in [1.54, 1.807) is 18.3 Å². The molecule has 100 valence electrons. The van der Waals surface area contributed by atoms with Crippen molar-refractivity contribution in [3.63, 3.8) is 0 Å². The highest BCUT2D eigenvalue weighted by molar-refractivity contribution is 5.37. The van der Waals surface area contributed by atoms with E-state index < -0.39 is 17.7 Å². The van der Waals surface area contributed by atoms with Crippen molar-refractivity contribution >= 4 is 0 Å². The van der Waals surface area contributed by atoms with Gasteiger partial charge < -0.3 is 4.74 Å². The summed E-state index contributed by atoms with van der Waals surface area (Å²) in [6, 6.07) is 6.03. The third kappa shape index (κ3) is 2.69. The number of hydrazine groups is 1. The Bertz CT molecular complexity index is 578. The molecule has 0 spiro atoms. The fraction of sp³-hybridized carbons (Fsp3) is 0.154. The summed E-state index contributed by atoms with van der Waals surface area (Å²) in [5.74, 6) is 4.47. The van der Waals surface area contributed by atoms with Crippen LogP contribution in [0.5, 0.6) is 5.88 Å². The number of ether oxygens (including phenoxy) is 1. The number of methoxy groups -OCH3 is 1. The summed E-state index contributed by atoms with van der Waals surface area (Å²) < 4.78 is 31.9. The van der Waals surface area contributed by atoms with Crippen LogP contribution in [0.25, 0.3) is 0 Å². The molecule has 0 bridgehead atoms. The molecule has 0 aliphatic carbocycles. The topological polar surface area (TPSA) is 60.2 Å². The lowest BCUT2D eigenvalue weighted by atomic mass is 9.99. The molecule has 1 heterocycles. The summed E-state index contributed by atoms with van der Waals surface area (Å²) in [5, 5.41) is 0. The molecule has 0 aliphatic heterocycles. The molecule has 1 aromatic heterocycles. The van der Waals surface area contributed by atoms with Crippen molar-refractivity contribution in [2.45, 2.75) is 6.04 Å². The van der Waals surface area contributed by atoms with E-state index in [1.165, 1.54) is 19.2 Å². The molecule has 1 unspecified atom stereocenters. The fourth-order valence-corrected chi connectivity index (χ4v) is 1.88. The minimum absolute atomic E-state index is 0.218. The van der Waals surface area contributed by atoms with Crippen LogP contribution in [-0.4, -0.2) is 12.1 Å². The normalized spacial score (nSPS) is 12.2. The minimum Gasteiger partial charge on any atom is -0.481 e. The van der Waals surface area contributed by atoms with E-state index in [1.807, 2.05) is 0 Å². The van der Waals surface area contributed by atoms with Crippen LogP contribution in [0.15, 0.2) is 36.5 Å². The molecule has 0 aliphatic rings. The van der Waals surface area contributed by atoms with E-state index in [9.17, 15) is 8.78 Å². The molecule has 0 radical (unpaired) electrons. The van der Waals surface area contributed by atoms with Crippen LogP contribution >= 0.6 is 0 Å². The number of hydrogen-bond acceptors (Lipinski definition) is 4. The number of aromatic nitrogens is 1. The van der Waals surface area contributed by atoms with Crippen LogP contribution in [0.1, 0.15) is 17.2 Å². The Morgan fingerprint density at radius 1 is 1.26 bits per heavy atom. The highest BCUT2D eigenvalue weighted by atomic mass is 19.1. The molecule has 1 atom stereocenters. The minimum atomic E-state index is -0.686. The van der Waals surface area contributed by atoms with Gasteiger partial charge in [0.2, 0.25) is 5.88 Å². The van der Waals surface area contributed by atoms with Crippen molar-refractivity contribution in [1.82, 2.24) is 10.4 Å². The van der Waals surface area contributed by atoms with Gasteiger partial charge >= 0.3 is 0 Å². The van der Waals surface area contributed by atoms with Crippen LogP contribution in [0.4, 0.5) is 8.78 Å². The van der Waals surface area contributed by atoms with Gasteiger partial charge in [0.05, 0.1) is 13.2 Å². The number of nitrogens with zero attached hydrogens (tertiary/aromatic N) is 1. The summed E-state index contributed by atoms with van der Waals surface area (Å²) in [5.41, 5.74) is 3.27. The van der Waals surface area contributed by atoms with E-state index in [2.05, 4.69) is 10.4 Å². The number of nitrogens with two attached hydrogens (primary N) is 1. The SMILES string of the molecule is COc1ncccc1C(NN)c1ccc(F)cc1F. The molecular weight excluding hydrogens is 252 g/mol. The van der Waals surface area contributed by atoms with Crippen LogP contribution in [0.2, 0.25) is 0 Å². The smallest absolute Gasteiger partial charge is 0.218 e. The lowest BCUT2D eigenvalue weighted by Gasteiger charge is -2.19. The largest absolute Gasteiger partial charge is 0.481 e. The Morgan fingerprint density at radius 2 is 2.05 bits per heavy atom. The Hall–Kier alpha value is -2.05. The Morgan fingerprint density at radius 3 is 2.68 bits per heavy atom. The first-order valence-corrected chi connectivity index (χ1v) is 5.57. The van der Waals surface area contributed by atoms with Crippen molar-refractivity contribution < 1.29 is 13.5 Å². The number of hydrogen-bond donors (Lipinski definition) is 2. The van der Waals surface area contributed by atoms with E-state index in [0.29, 0.717) is 11.4 Å². The first kappa shape index (κ1) is 13.4. The molecule has 2 rings (SSSR count). The molecule has 4 nitrogen and oxygen atoms in total. The highest BCUT2D eigenvalue weighted by Crippen LogP contribution is 2.29. The summed E-state index contributed by atoms with van der Waals surface area (Å²) >= 11 is 0. The van der Waals surface area contributed by atoms with Gasteiger partial charge in [-0.05, 0) is 12.1 Å². The predicted molar refractivity (Wildman–Crippen MR) is 66.3 cm³/mol. The van der Waals surface area contributed by atoms with Gasteiger partial charge in [-0.1, -0.05) is 12.1 Å². The number of benzene rings is 1. The quantitative estimate of drug-likeness (QED) is 0.655. The van der Waals surface area contributed by atoms with Crippen LogP contribution in [0.3, 0.4) is 0 Å². The van der Waals surface area contributed by atoms with E-state index in [-0.39, 0.29) is 5.56 Å². The van der Waals surface area contributed by atoms with Crippen LogP contribution in [0, 0.1) is 11.6 Å². The van der Waals surface area contributed by atoms with Gasteiger partial charge in [-0.25, -0.2) is 19.2 Å². The highest BCUT2D eigenvalue weighted by Gasteiger charge is 2.21. The first-order valence-electron chi connectivity index (χ1n) is 5.57. The van der Waals surface area contributed by atoms with Crippen LogP contribution < -0.4 is 16.0 Å². The number of pyridine rings is 1. The van der Waals surface area contributed by atoms with E-state index in [4.69, 9.17) is 10.6 Å². The maximum atomic E-state index is 13.8. The Kier molecular flexibility index (Phi) is 4.03. The maximum Gasteiger partial charge on any atom is 0.218 e. The van der Waals surface area contributed by atoms with Crippen molar-refractivity contribution in [2.24, 2.45) is 5.84 Å². The lowest BCUT2D eigenvalue weighted by molar-refractivity contribution is 0.386. The fourth-order valence-electron chi connectivity index (χ4n) is 1.88. The third-order valence-corrected chi connectivity index (χ3v) is 2.75. The van der Waals surface area contributed by atoms with Crippen molar-refractivity contribution in [2.75, 3.05) is 7.11 Å². The summed E-state index contributed by atoms with van der Waals surface area (Å²) in [4.78, 5) is 4.02. The van der Waals surface area contributed by atoms with Gasteiger partial charge in [0.1, 0.15) is 11.6 Å². The monoisotopic (exact) mass is 265 g/mol. The molecule has 6 heteroatoms. The molecule has 2 aromatic rings. The molecule has 0 saturated heterocycles. The van der Waals surface area contributed by atoms with Gasteiger partial charge in [-0.3, -0.25) is 5.84 Å². The maximum absolute atomic E-state index is 13.8. The molecule has 1 aromatic carbocycles. The third-order valence-electron chi connectivity index (χ3n) is 2.75. The van der Waals surface area contributed by atoms with E-state index in [0.717, 1.165) is 6.07 Å². The predicted octanol–water partition coefficient (Wildman–Crippen LogP) is 1.92. The summed E-state index contributed by atoms with van der Waals surface area (Å²) in [6.45, 7) is 0. The summed E-state index contributed by atoms with van der Waals surface area (Å²) in [6.07, 6.45) is 1.55. The van der Waals surface area contributed by atoms with Gasteiger partial charge in [-0.15, -0.1) is 0 Å². The number of halogens is 2. The zero-order valence-corrected chi connectivity index (χ0v) is 10.2. The first-order chi connectivity index (χ1) is 9.17. The zero-order chi connectivity index (χ0) is 13.8. The van der Waals surface area contributed by atoms with Gasteiger partial charge in [-0.2, -0.15) is 0 Å². The van der Waals surface area contributed by atoms with Crippen molar-refractivity contribution in [1.29, 1.82) is 0 Å². The average molecular weight is 265 g/mol. The van der Waals surface area contributed by atoms with Crippen LogP contribution in [-0.2, 0) is 0 Å². The second-order valence-electron chi connectivity index (χ2n) is 3.87. The average Bonchev–Trinajstić information content (AvgIpc) is 2.42. The second-order valence-corrected chi connectivity index (χ2v) is 3.87. The zero-order valence-electron chi connectivity index (χ0n) is 10.2. The standard InChI is InChI=1S/C13H13F2N3O/c1-19-13-10(3-2-6-17-13)12(18-16)9-5-4-8(14)7-11(9)15/h2-7,12,18H,16H2,1H3. The van der Waals surface area contributed by atoms with Crippen molar-refractivity contribution in [3.8, 4) is 5.88 Å².